The van der Waals surface area contributed by atoms with E-state index < -0.39 is 34.7 Å². The topological polar surface area (TPSA) is 107 Å². The van der Waals surface area contributed by atoms with Gasteiger partial charge in [-0.3, -0.25) is 9.69 Å². The molecular weight excluding hydrogens is 466 g/mol. The van der Waals surface area contributed by atoms with Gasteiger partial charge in [0.1, 0.15) is 17.3 Å². The minimum atomic E-state index is -1.71. The number of likely N-dealkylation sites (N-methyl/N-ethyl adjacent to an activating group) is 1. The first kappa shape index (κ1) is 25.5. The van der Waals surface area contributed by atoms with Crippen LogP contribution in [0, 0.1) is 34.5 Å². The molecule has 5 unspecified atom stereocenters. The molecule has 0 aromatic heterocycles. The Morgan fingerprint density at radius 2 is 1.86 bits per heavy atom. The van der Waals surface area contributed by atoms with Crippen molar-refractivity contribution in [3.63, 3.8) is 0 Å². The number of aliphatic hydroxyl groups is 2. The third-order valence-electron chi connectivity index (χ3n) is 11.8. The Bertz CT molecular complexity index is 918. The highest BCUT2D eigenvalue weighted by Gasteiger charge is 2.92. The molecule has 0 amide bonds. The Balaban J connectivity index is 1.69. The number of methoxy groups -OCH3 is 4. The number of hydrogen-bond acceptors (Lipinski definition) is 9. The molecule has 204 valence electrons. The first-order chi connectivity index (χ1) is 17.2. The van der Waals surface area contributed by atoms with Crippen LogP contribution in [-0.4, -0.2) is 111 Å². The van der Waals surface area contributed by atoms with Crippen molar-refractivity contribution in [3.05, 3.63) is 0 Å². The zero-order valence-electron chi connectivity index (χ0n) is 22.4. The quantitative estimate of drug-likeness (QED) is 0.483. The highest BCUT2D eigenvalue weighted by atomic mass is 16.6. The van der Waals surface area contributed by atoms with Gasteiger partial charge in [-0.15, -0.1) is 0 Å². The Kier molecular flexibility index (Phi) is 5.73. The zero-order chi connectivity index (χ0) is 25.8. The van der Waals surface area contributed by atoms with Crippen LogP contribution in [0.25, 0.3) is 0 Å². The summed E-state index contributed by atoms with van der Waals surface area (Å²) in [7, 11) is 6.86. The number of carbonyl (C=O) groups is 1. The van der Waals surface area contributed by atoms with E-state index in [9.17, 15) is 15.0 Å². The minimum Gasteiger partial charge on any atom is -0.459 e. The molecule has 1 spiro atoms. The molecule has 7 bridgehead atoms. The molecule has 0 aromatic carbocycles. The lowest BCUT2D eigenvalue weighted by atomic mass is 9.42. The lowest BCUT2D eigenvalue weighted by molar-refractivity contribution is -0.320. The van der Waals surface area contributed by atoms with Crippen LogP contribution in [0.3, 0.4) is 0 Å². The molecule has 1 saturated heterocycles. The third-order valence-corrected chi connectivity index (χ3v) is 11.8. The minimum absolute atomic E-state index is 0.0178. The number of esters is 1. The van der Waals surface area contributed by atoms with Crippen LogP contribution < -0.4 is 0 Å². The Labute approximate surface area is 213 Å². The largest absolute Gasteiger partial charge is 0.459 e. The summed E-state index contributed by atoms with van der Waals surface area (Å²) in [5.74, 6) is -0.825. The van der Waals surface area contributed by atoms with Crippen molar-refractivity contribution in [2.45, 2.75) is 81.2 Å². The summed E-state index contributed by atoms with van der Waals surface area (Å²) >= 11 is 0. The highest BCUT2D eigenvalue weighted by Crippen LogP contribution is 2.80. The van der Waals surface area contributed by atoms with Gasteiger partial charge in [0.05, 0.1) is 31.0 Å². The first-order valence-electron chi connectivity index (χ1n) is 13.6. The molecule has 9 nitrogen and oxygen atoms in total. The van der Waals surface area contributed by atoms with Gasteiger partial charge in [-0.25, -0.2) is 0 Å². The Hall–Kier alpha value is -0.810. The summed E-state index contributed by atoms with van der Waals surface area (Å²) in [5.41, 5.74) is -4.12. The van der Waals surface area contributed by atoms with Crippen LogP contribution >= 0.6 is 0 Å². The van der Waals surface area contributed by atoms with Crippen LogP contribution in [0.4, 0.5) is 0 Å². The van der Waals surface area contributed by atoms with E-state index >= 15 is 0 Å². The van der Waals surface area contributed by atoms with Gasteiger partial charge in [0.15, 0.2) is 0 Å². The second-order valence-electron chi connectivity index (χ2n) is 12.5. The van der Waals surface area contributed by atoms with Crippen LogP contribution in [0.15, 0.2) is 0 Å². The fraction of sp³-hybridized carbons (Fsp3) is 0.963. The van der Waals surface area contributed by atoms with Crippen molar-refractivity contribution in [1.29, 1.82) is 0 Å². The summed E-state index contributed by atoms with van der Waals surface area (Å²) in [5, 5.41) is 26.1. The smallest absolute Gasteiger partial charge is 0.303 e. The monoisotopic (exact) mass is 509 g/mol. The number of rotatable bonds is 7. The molecule has 1 aliphatic heterocycles. The van der Waals surface area contributed by atoms with Gasteiger partial charge in [0.25, 0.3) is 0 Å². The number of carbonyl (C=O) groups excluding carboxylic acids is 1. The molecule has 13 atom stereocenters. The molecule has 6 fully saturated rings. The molecule has 5 aliphatic carbocycles. The maximum atomic E-state index is 13.2. The lowest BCUT2D eigenvalue weighted by Crippen LogP contribution is -2.82. The third kappa shape index (κ3) is 2.55. The maximum absolute atomic E-state index is 13.2. The van der Waals surface area contributed by atoms with Crippen molar-refractivity contribution in [2.75, 3.05) is 48.1 Å². The van der Waals surface area contributed by atoms with E-state index in [1.807, 2.05) is 0 Å². The second kappa shape index (κ2) is 8.10. The molecule has 1 heterocycles. The van der Waals surface area contributed by atoms with E-state index in [-0.39, 0.29) is 53.8 Å². The van der Waals surface area contributed by atoms with Crippen LogP contribution in [0.1, 0.15) is 39.5 Å². The number of nitrogens with zero attached hydrogens (tertiary/aromatic N) is 1. The van der Waals surface area contributed by atoms with Gasteiger partial charge < -0.3 is 33.9 Å². The number of piperidine rings is 1. The van der Waals surface area contributed by atoms with Gasteiger partial charge in [-0.05, 0) is 31.7 Å². The lowest BCUT2D eigenvalue weighted by Gasteiger charge is -2.70. The number of hydrogen-bond donors (Lipinski definition) is 2. The van der Waals surface area contributed by atoms with E-state index in [2.05, 4.69) is 11.8 Å². The predicted octanol–water partition coefficient (Wildman–Crippen LogP) is 0.842. The van der Waals surface area contributed by atoms with E-state index in [4.69, 9.17) is 23.7 Å². The molecule has 0 aromatic rings. The number of ether oxygens (including phenoxy) is 5. The molecule has 5 saturated carbocycles. The van der Waals surface area contributed by atoms with E-state index in [0.717, 1.165) is 25.8 Å². The van der Waals surface area contributed by atoms with Gasteiger partial charge in [0, 0.05) is 76.9 Å². The molecule has 2 N–H and O–H groups in total. The van der Waals surface area contributed by atoms with Crippen molar-refractivity contribution >= 4 is 5.97 Å². The van der Waals surface area contributed by atoms with Crippen molar-refractivity contribution < 1.29 is 38.7 Å². The van der Waals surface area contributed by atoms with Gasteiger partial charge in [0.2, 0.25) is 0 Å². The normalized spacial score (nSPS) is 56.6. The summed E-state index contributed by atoms with van der Waals surface area (Å²) in [6.45, 7) is 5.43. The highest BCUT2D eigenvalue weighted by molar-refractivity contribution is 5.67. The number of fused-ring (bicyclic) bond motifs is 2. The summed E-state index contributed by atoms with van der Waals surface area (Å²) in [6, 6.07) is -0.419. The molecular formula is C27H43NO8. The molecule has 9 heteroatoms. The second-order valence-corrected chi connectivity index (χ2v) is 12.5. The average Bonchev–Trinajstić information content (AvgIpc) is 3.26. The van der Waals surface area contributed by atoms with Gasteiger partial charge >= 0.3 is 5.97 Å². The fourth-order valence-corrected chi connectivity index (χ4v) is 11.3. The summed E-state index contributed by atoms with van der Waals surface area (Å²) in [6.07, 6.45) is 1.24. The van der Waals surface area contributed by atoms with Gasteiger partial charge in [-0.1, -0.05) is 6.92 Å². The van der Waals surface area contributed by atoms with E-state index in [1.54, 1.807) is 28.4 Å². The molecule has 36 heavy (non-hydrogen) atoms. The Morgan fingerprint density at radius 1 is 1.11 bits per heavy atom. The van der Waals surface area contributed by atoms with Crippen LogP contribution in [-0.2, 0) is 28.5 Å². The first-order valence-corrected chi connectivity index (χ1v) is 13.6. The van der Waals surface area contributed by atoms with Crippen LogP contribution in [0.2, 0.25) is 0 Å². The standard InChI is InChI=1S/C27H43NO8/c1-7-28-12-24(13-32-3)9-8-18(34-5)26-16-10-15-17(33-4)11-25(30,19(16)20(15)35-6)27(31,23(26)28)22(21(24)26)36-14(2)29/h15-23,30-31H,7-13H2,1-6H3/t15-,16?,17+,18+,19?,20?,21?,22?,23+,24+,25-,26+,27+/m1/s1. The average molecular weight is 510 g/mol. The van der Waals surface area contributed by atoms with Crippen molar-refractivity contribution in [2.24, 2.45) is 34.5 Å². The van der Waals surface area contributed by atoms with Crippen LogP contribution in [0.5, 0.6) is 0 Å². The summed E-state index contributed by atoms with van der Waals surface area (Å²) < 4.78 is 30.4. The predicted molar refractivity (Wildman–Crippen MR) is 128 cm³/mol. The molecule has 0 radical (unpaired) electrons. The number of likely N-dealkylation sites (tertiary alicyclic amines) is 1. The van der Waals surface area contributed by atoms with Crippen molar-refractivity contribution in [1.82, 2.24) is 4.90 Å². The zero-order valence-corrected chi connectivity index (χ0v) is 22.4. The summed E-state index contributed by atoms with van der Waals surface area (Å²) in [4.78, 5) is 15.0. The van der Waals surface area contributed by atoms with E-state index in [0.29, 0.717) is 13.2 Å². The SMILES string of the molecule is CCN1C[C@]2(COC)CC[C@H](OC)[C@@]34C5C[C@H]6C(OC)C5[C@](O)(C[C@@H]6OC)[C@](O)(C(OC(C)=O)C23)[C@@H]14. The molecule has 6 rings (SSSR count). The van der Waals surface area contributed by atoms with E-state index in [1.165, 1.54) is 6.92 Å². The molecule has 6 aliphatic rings. The maximum Gasteiger partial charge on any atom is 0.303 e. The van der Waals surface area contributed by atoms with Crippen molar-refractivity contribution in [3.8, 4) is 0 Å². The van der Waals surface area contributed by atoms with Gasteiger partial charge in [-0.2, -0.15) is 0 Å². The Morgan fingerprint density at radius 3 is 2.44 bits per heavy atom. The fourth-order valence-electron chi connectivity index (χ4n) is 11.3.